The van der Waals surface area contributed by atoms with E-state index in [0.717, 1.165) is 4.57 Å². The van der Waals surface area contributed by atoms with Crippen molar-refractivity contribution in [1.82, 2.24) is 9.55 Å². The lowest BCUT2D eigenvalue weighted by Gasteiger charge is -2.07. The molecule has 1 aromatic heterocycles. The van der Waals surface area contributed by atoms with Gasteiger partial charge in [-0.05, 0) is 0 Å². The Morgan fingerprint density at radius 3 is 2.71 bits per heavy atom. The van der Waals surface area contributed by atoms with Crippen molar-refractivity contribution in [1.29, 1.82) is 0 Å². The fraction of sp³-hybridized carbons (Fsp3) is 0.429. The van der Waals surface area contributed by atoms with Crippen LogP contribution in [0.5, 0.6) is 0 Å². The normalized spacial score (nSPS) is 11.7. The third kappa shape index (κ3) is 4.61. The molecule has 0 atom stereocenters. The molecule has 1 aromatic rings. The van der Waals surface area contributed by atoms with Crippen LogP contribution in [0.3, 0.4) is 0 Å². The van der Waals surface area contributed by atoms with Crippen molar-refractivity contribution in [3.05, 3.63) is 32.9 Å². The van der Waals surface area contributed by atoms with E-state index in [1.54, 1.807) is 4.98 Å². The first kappa shape index (κ1) is 13.8. The molecular weight excluding hydrogens is 258 g/mol. The summed E-state index contributed by atoms with van der Waals surface area (Å²) >= 11 is 0. The van der Waals surface area contributed by atoms with E-state index >= 15 is 0 Å². The lowest BCUT2D eigenvalue weighted by atomic mass is 10.5. The fourth-order valence-corrected chi connectivity index (χ4v) is 1.36. The van der Waals surface area contributed by atoms with E-state index in [2.05, 4.69) is 4.74 Å². The molecule has 1 heterocycles. The quantitative estimate of drug-likeness (QED) is 0.457. The second-order valence-corrected chi connectivity index (χ2v) is 4.72. The van der Waals surface area contributed by atoms with Crippen LogP contribution in [0.4, 0.5) is 4.39 Å². The Morgan fingerprint density at radius 2 is 2.12 bits per heavy atom. The van der Waals surface area contributed by atoms with E-state index in [-0.39, 0.29) is 13.2 Å². The number of hydrogen-bond donors (Lipinski definition) is 3. The summed E-state index contributed by atoms with van der Waals surface area (Å²) < 4.78 is 28.6. The summed E-state index contributed by atoms with van der Waals surface area (Å²) in [5, 5.41) is 0. The monoisotopic (exact) mass is 268 g/mol. The Morgan fingerprint density at radius 1 is 1.47 bits per heavy atom. The van der Waals surface area contributed by atoms with E-state index in [1.807, 2.05) is 0 Å². The van der Waals surface area contributed by atoms with Gasteiger partial charge in [-0.2, -0.15) is 4.39 Å². The zero-order valence-corrected chi connectivity index (χ0v) is 9.39. The minimum Gasteiger partial charge on any atom is -0.367 e. The minimum absolute atomic E-state index is 0.132. The Labute approximate surface area is 93.8 Å². The molecule has 0 aliphatic carbocycles. The van der Waals surface area contributed by atoms with Crippen LogP contribution in [0.2, 0.25) is 0 Å². The van der Waals surface area contributed by atoms with Crippen LogP contribution < -0.4 is 11.2 Å². The molecule has 3 N–H and O–H groups in total. The summed E-state index contributed by atoms with van der Waals surface area (Å²) in [5.41, 5.74) is -1.95. The summed E-state index contributed by atoms with van der Waals surface area (Å²) in [7, 11) is -4.26. The molecule has 0 bridgehead atoms. The Bertz CT molecular complexity index is 546. The van der Waals surface area contributed by atoms with Crippen LogP contribution in [-0.2, 0) is 15.8 Å². The molecule has 0 aromatic carbocycles. The third-order valence-corrected chi connectivity index (χ3v) is 2.22. The van der Waals surface area contributed by atoms with Crippen molar-refractivity contribution < 1.29 is 23.5 Å². The first-order chi connectivity index (χ1) is 7.79. The summed E-state index contributed by atoms with van der Waals surface area (Å²) in [4.78, 5) is 40.4. The molecule has 0 amide bonds. The largest absolute Gasteiger partial charge is 0.367 e. The van der Waals surface area contributed by atoms with Gasteiger partial charge in [0.1, 0.15) is 6.35 Å². The first-order valence-electron chi connectivity index (χ1n) is 4.41. The molecule has 10 heteroatoms. The van der Waals surface area contributed by atoms with Gasteiger partial charge in [0.15, 0.2) is 0 Å². The molecule has 0 aliphatic rings. The van der Waals surface area contributed by atoms with Crippen LogP contribution in [0.15, 0.2) is 15.8 Å². The summed E-state index contributed by atoms with van der Waals surface area (Å²) in [6, 6.07) is 0. The van der Waals surface area contributed by atoms with Gasteiger partial charge < -0.3 is 14.5 Å². The highest BCUT2D eigenvalue weighted by molar-refractivity contribution is 7.51. The molecule has 96 valence electrons. The number of nitrogens with zero attached hydrogens (tertiary/aromatic N) is 1. The molecule has 0 saturated heterocycles. The first-order valence-corrected chi connectivity index (χ1v) is 6.21. The number of aromatic amines is 1. The summed E-state index contributed by atoms with van der Waals surface area (Å²) in [6.45, 7) is -0.330. The van der Waals surface area contributed by atoms with Gasteiger partial charge in [-0.25, -0.2) is 4.79 Å². The fourth-order valence-electron chi connectivity index (χ4n) is 0.995. The standard InChI is InChI=1S/C7H10FN2O6P/c8-5-3-10(7(12)9-6(5)11)1-2-16-4-17(13,14)15/h3H,1-2,4H2,(H,9,11,12)(H2,13,14,15). The number of ether oxygens (including phenoxy) is 1. The van der Waals surface area contributed by atoms with E-state index in [1.165, 1.54) is 0 Å². The van der Waals surface area contributed by atoms with Gasteiger partial charge in [0.05, 0.1) is 19.3 Å². The Hall–Kier alpha value is -1.28. The van der Waals surface area contributed by atoms with Crippen LogP contribution in [0, 0.1) is 5.82 Å². The van der Waals surface area contributed by atoms with Gasteiger partial charge in [-0.1, -0.05) is 0 Å². The van der Waals surface area contributed by atoms with Gasteiger partial charge in [0.2, 0.25) is 5.82 Å². The van der Waals surface area contributed by atoms with E-state index in [0.29, 0.717) is 6.20 Å². The van der Waals surface area contributed by atoms with Crippen molar-refractivity contribution in [2.24, 2.45) is 0 Å². The highest BCUT2D eigenvalue weighted by Gasteiger charge is 2.12. The van der Waals surface area contributed by atoms with Gasteiger partial charge in [0.25, 0.3) is 5.56 Å². The zero-order valence-electron chi connectivity index (χ0n) is 8.50. The molecule has 8 nitrogen and oxygen atoms in total. The highest BCUT2D eigenvalue weighted by Crippen LogP contribution is 2.33. The van der Waals surface area contributed by atoms with Crippen molar-refractivity contribution in [3.63, 3.8) is 0 Å². The van der Waals surface area contributed by atoms with Gasteiger partial charge in [0, 0.05) is 0 Å². The molecule has 0 aliphatic heterocycles. The molecule has 0 unspecified atom stereocenters. The predicted octanol–water partition coefficient (Wildman–Crippen LogP) is -1.17. The predicted molar refractivity (Wildman–Crippen MR) is 54.1 cm³/mol. The average Bonchev–Trinajstić information content (AvgIpc) is 2.18. The topological polar surface area (TPSA) is 122 Å². The summed E-state index contributed by atoms with van der Waals surface area (Å²) in [6.07, 6.45) is -0.0877. The maximum absolute atomic E-state index is 12.8. The van der Waals surface area contributed by atoms with Crippen LogP contribution in [0.25, 0.3) is 0 Å². The molecule has 17 heavy (non-hydrogen) atoms. The van der Waals surface area contributed by atoms with Crippen LogP contribution in [-0.4, -0.2) is 32.3 Å². The molecule has 1 rings (SSSR count). The number of rotatable bonds is 5. The Kier molecular flexibility index (Phi) is 4.35. The maximum atomic E-state index is 12.8. The Balaban J connectivity index is 2.59. The molecular formula is C7H10FN2O6P. The SMILES string of the molecule is O=c1[nH]c(=O)n(CCOCP(=O)(O)O)cc1F. The number of hydrogen-bond acceptors (Lipinski definition) is 4. The van der Waals surface area contributed by atoms with Crippen molar-refractivity contribution in [2.45, 2.75) is 6.54 Å². The van der Waals surface area contributed by atoms with E-state index in [9.17, 15) is 18.5 Å². The van der Waals surface area contributed by atoms with Gasteiger partial charge >= 0.3 is 13.3 Å². The van der Waals surface area contributed by atoms with Gasteiger partial charge in [-0.3, -0.25) is 18.9 Å². The zero-order chi connectivity index (χ0) is 13.1. The molecule has 0 spiro atoms. The number of H-pyrrole nitrogens is 1. The van der Waals surface area contributed by atoms with Crippen molar-refractivity contribution in [3.8, 4) is 0 Å². The van der Waals surface area contributed by atoms with E-state index < -0.39 is 31.0 Å². The minimum atomic E-state index is -4.26. The van der Waals surface area contributed by atoms with Crippen molar-refractivity contribution in [2.75, 3.05) is 13.0 Å². The molecule has 0 radical (unpaired) electrons. The second-order valence-electron chi connectivity index (χ2n) is 3.13. The van der Waals surface area contributed by atoms with Crippen LogP contribution >= 0.6 is 7.60 Å². The second kappa shape index (κ2) is 5.37. The number of nitrogens with one attached hydrogen (secondary N) is 1. The smallest absolute Gasteiger partial charge is 0.350 e. The lowest BCUT2D eigenvalue weighted by molar-refractivity contribution is 0.147. The average molecular weight is 268 g/mol. The molecule has 0 saturated carbocycles. The number of halogens is 1. The van der Waals surface area contributed by atoms with E-state index in [4.69, 9.17) is 9.79 Å². The maximum Gasteiger partial charge on any atom is 0.350 e. The summed E-state index contributed by atoms with van der Waals surface area (Å²) in [5.74, 6) is -1.13. The number of aromatic nitrogens is 2. The third-order valence-electron chi connectivity index (χ3n) is 1.70. The van der Waals surface area contributed by atoms with Crippen molar-refractivity contribution >= 4 is 7.60 Å². The van der Waals surface area contributed by atoms with Gasteiger partial charge in [-0.15, -0.1) is 0 Å². The highest BCUT2D eigenvalue weighted by atomic mass is 31.2. The van der Waals surface area contributed by atoms with Crippen LogP contribution in [0.1, 0.15) is 0 Å². The lowest BCUT2D eigenvalue weighted by Crippen LogP contribution is -2.32. The molecule has 0 fully saturated rings.